The van der Waals surface area contributed by atoms with Crippen LogP contribution < -0.4 is 0 Å². The Morgan fingerprint density at radius 3 is 2.12 bits per heavy atom. The highest BCUT2D eigenvalue weighted by Gasteiger charge is 2.52. The molecule has 0 aliphatic heterocycles. The van der Waals surface area contributed by atoms with Crippen molar-refractivity contribution in [3.63, 3.8) is 0 Å². The molecule has 4 heteroatoms. The maximum absolute atomic E-state index is 12.5. The second-order valence-electron chi connectivity index (χ2n) is 5.93. The summed E-state index contributed by atoms with van der Waals surface area (Å²) in [5.74, 6) is -0.989. The summed E-state index contributed by atoms with van der Waals surface area (Å²) in [5.41, 5.74) is 1.83. The minimum Gasteiger partial charge on any atom is -0.465 e. The van der Waals surface area contributed by atoms with Crippen LogP contribution in [0, 0.1) is 5.41 Å². The van der Waals surface area contributed by atoms with Gasteiger partial charge in [-0.25, -0.2) is 0 Å². The van der Waals surface area contributed by atoms with Crippen LogP contribution in [-0.2, 0) is 19.1 Å². The Kier molecular flexibility index (Phi) is 5.96. The van der Waals surface area contributed by atoms with Gasteiger partial charge in [0.05, 0.1) is 13.2 Å². The molecule has 0 saturated heterocycles. The lowest BCUT2D eigenvalue weighted by Gasteiger charge is -2.24. The van der Waals surface area contributed by atoms with Crippen molar-refractivity contribution in [1.82, 2.24) is 0 Å². The molecule has 0 atom stereocenters. The SMILES string of the molecule is CCOC(=O)C1(C(=O)OCC)CC(C)=C(/C=C\c2ccccc2)C1. The van der Waals surface area contributed by atoms with Gasteiger partial charge in [0.15, 0.2) is 5.41 Å². The number of ether oxygens (including phenoxy) is 2. The van der Waals surface area contributed by atoms with Crippen molar-refractivity contribution in [2.24, 2.45) is 5.41 Å². The average molecular weight is 328 g/mol. The Balaban J connectivity index is 2.24. The van der Waals surface area contributed by atoms with Crippen LogP contribution in [0.25, 0.3) is 6.08 Å². The molecule has 1 aromatic rings. The Hall–Kier alpha value is -2.36. The lowest BCUT2D eigenvalue weighted by molar-refractivity contribution is -0.171. The molecule has 0 radical (unpaired) electrons. The molecule has 24 heavy (non-hydrogen) atoms. The molecule has 0 aromatic heterocycles. The summed E-state index contributed by atoms with van der Waals surface area (Å²) in [7, 11) is 0. The summed E-state index contributed by atoms with van der Waals surface area (Å²) in [6, 6.07) is 9.91. The van der Waals surface area contributed by atoms with Crippen LogP contribution in [0.15, 0.2) is 47.6 Å². The van der Waals surface area contributed by atoms with Gasteiger partial charge in [-0.15, -0.1) is 0 Å². The lowest BCUT2D eigenvalue weighted by Crippen LogP contribution is -2.40. The summed E-state index contributed by atoms with van der Waals surface area (Å²) in [6.07, 6.45) is 4.63. The van der Waals surface area contributed by atoms with E-state index in [1.54, 1.807) is 13.8 Å². The van der Waals surface area contributed by atoms with Crippen molar-refractivity contribution in [3.8, 4) is 0 Å². The van der Waals surface area contributed by atoms with Crippen LogP contribution in [0.3, 0.4) is 0 Å². The van der Waals surface area contributed by atoms with E-state index in [0.29, 0.717) is 12.8 Å². The molecule has 128 valence electrons. The highest BCUT2D eigenvalue weighted by molar-refractivity contribution is 6.01. The van der Waals surface area contributed by atoms with Crippen LogP contribution in [0.5, 0.6) is 0 Å². The van der Waals surface area contributed by atoms with Crippen molar-refractivity contribution in [1.29, 1.82) is 0 Å². The number of hydrogen-bond acceptors (Lipinski definition) is 4. The van der Waals surface area contributed by atoms with E-state index in [0.717, 1.165) is 16.7 Å². The van der Waals surface area contributed by atoms with E-state index in [1.807, 2.05) is 49.4 Å². The van der Waals surface area contributed by atoms with Crippen molar-refractivity contribution in [2.75, 3.05) is 13.2 Å². The van der Waals surface area contributed by atoms with E-state index < -0.39 is 17.4 Å². The van der Waals surface area contributed by atoms with E-state index >= 15 is 0 Å². The van der Waals surface area contributed by atoms with Gasteiger partial charge >= 0.3 is 11.9 Å². The first kappa shape index (κ1) is 18.0. The van der Waals surface area contributed by atoms with E-state index in [1.165, 1.54) is 0 Å². The second kappa shape index (κ2) is 7.95. The monoisotopic (exact) mass is 328 g/mol. The Labute approximate surface area is 143 Å². The fourth-order valence-electron chi connectivity index (χ4n) is 2.98. The van der Waals surface area contributed by atoms with E-state index in [9.17, 15) is 9.59 Å². The number of hydrogen-bond donors (Lipinski definition) is 0. The van der Waals surface area contributed by atoms with Gasteiger partial charge in [0, 0.05) is 0 Å². The van der Waals surface area contributed by atoms with E-state index in [4.69, 9.17) is 9.47 Å². The van der Waals surface area contributed by atoms with Crippen LogP contribution in [-0.4, -0.2) is 25.2 Å². The average Bonchev–Trinajstić information content (AvgIpc) is 2.92. The van der Waals surface area contributed by atoms with Gasteiger partial charge in [0.1, 0.15) is 0 Å². The van der Waals surface area contributed by atoms with Crippen LogP contribution in [0.2, 0.25) is 0 Å². The Morgan fingerprint density at radius 2 is 1.58 bits per heavy atom. The zero-order valence-electron chi connectivity index (χ0n) is 14.5. The first-order chi connectivity index (χ1) is 11.5. The second-order valence-corrected chi connectivity index (χ2v) is 5.93. The fourth-order valence-corrected chi connectivity index (χ4v) is 2.98. The summed E-state index contributed by atoms with van der Waals surface area (Å²) in [4.78, 5) is 25.0. The molecular weight excluding hydrogens is 304 g/mol. The molecule has 4 nitrogen and oxygen atoms in total. The van der Waals surface area contributed by atoms with Crippen LogP contribution in [0.1, 0.15) is 39.2 Å². The number of benzene rings is 1. The summed E-state index contributed by atoms with van der Waals surface area (Å²) in [5, 5.41) is 0. The number of carbonyl (C=O) groups is 2. The highest BCUT2D eigenvalue weighted by atomic mass is 16.6. The summed E-state index contributed by atoms with van der Waals surface area (Å²) >= 11 is 0. The predicted octanol–water partition coefficient (Wildman–Crippen LogP) is 3.92. The number of esters is 2. The quantitative estimate of drug-likeness (QED) is 0.586. The number of rotatable bonds is 6. The molecule has 0 saturated carbocycles. The molecule has 0 amide bonds. The van der Waals surface area contributed by atoms with Gasteiger partial charge < -0.3 is 9.47 Å². The maximum atomic E-state index is 12.5. The first-order valence-corrected chi connectivity index (χ1v) is 8.29. The van der Waals surface area contributed by atoms with Crippen LogP contribution >= 0.6 is 0 Å². The van der Waals surface area contributed by atoms with Gasteiger partial charge in [-0.3, -0.25) is 9.59 Å². The van der Waals surface area contributed by atoms with Crippen molar-refractivity contribution in [3.05, 3.63) is 53.1 Å². The topological polar surface area (TPSA) is 52.6 Å². The van der Waals surface area contributed by atoms with Crippen molar-refractivity contribution >= 4 is 18.0 Å². The summed E-state index contributed by atoms with van der Waals surface area (Å²) < 4.78 is 10.3. The largest absolute Gasteiger partial charge is 0.465 e. The minimum absolute atomic E-state index is 0.244. The van der Waals surface area contributed by atoms with Crippen molar-refractivity contribution < 1.29 is 19.1 Å². The Morgan fingerprint density at radius 1 is 1.00 bits per heavy atom. The van der Waals surface area contributed by atoms with E-state index in [-0.39, 0.29) is 13.2 Å². The van der Waals surface area contributed by atoms with Gasteiger partial charge in [0.25, 0.3) is 0 Å². The minimum atomic E-state index is -1.24. The molecule has 0 unspecified atom stereocenters. The van der Waals surface area contributed by atoms with Gasteiger partial charge in [0.2, 0.25) is 0 Å². The highest BCUT2D eigenvalue weighted by Crippen LogP contribution is 2.44. The third-order valence-corrected chi connectivity index (χ3v) is 4.22. The van der Waals surface area contributed by atoms with Gasteiger partial charge in [-0.05, 0) is 44.7 Å². The molecule has 1 aliphatic carbocycles. The molecule has 0 fully saturated rings. The zero-order chi connectivity index (χ0) is 17.6. The number of carbonyl (C=O) groups excluding carboxylic acids is 2. The number of allylic oxidation sites excluding steroid dienone is 3. The predicted molar refractivity (Wildman–Crippen MR) is 93.1 cm³/mol. The van der Waals surface area contributed by atoms with Crippen LogP contribution in [0.4, 0.5) is 0 Å². The molecule has 1 aromatic carbocycles. The molecular formula is C20H24O4. The van der Waals surface area contributed by atoms with E-state index in [2.05, 4.69) is 0 Å². The zero-order valence-corrected chi connectivity index (χ0v) is 14.5. The molecule has 2 rings (SSSR count). The maximum Gasteiger partial charge on any atom is 0.324 e. The smallest absolute Gasteiger partial charge is 0.324 e. The molecule has 1 aliphatic rings. The summed E-state index contributed by atoms with van der Waals surface area (Å²) in [6.45, 7) is 5.91. The first-order valence-electron chi connectivity index (χ1n) is 8.29. The fraction of sp³-hybridized carbons (Fsp3) is 0.400. The molecule has 0 N–H and O–H groups in total. The standard InChI is InChI=1S/C20H24O4/c1-4-23-18(21)20(19(22)24-5-2)13-15(3)17(14-20)12-11-16-9-7-6-8-10-16/h6-12H,4-5,13-14H2,1-3H3/b12-11-. The normalized spacial score (nSPS) is 16.5. The van der Waals surface area contributed by atoms with Gasteiger partial charge in [-0.2, -0.15) is 0 Å². The third-order valence-electron chi connectivity index (χ3n) is 4.22. The lowest BCUT2D eigenvalue weighted by atomic mass is 9.83. The third kappa shape index (κ3) is 3.75. The van der Waals surface area contributed by atoms with Crippen molar-refractivity contribution in [2.45, 2.75) is 33.6 Å². The van der Waals surface area contributed by atoms with Gasteiger partial charge in [-0.1, -0.05) is 48.1 Å². The Bertz CT molecular complexity index is 637. The molecule has 0 spiro atoms. The molecule has 0 bridgehead atoms. The molecule has 0 heterocycles.